The van der Waals surface area contributed by atoms with Crippen molar-refractivity contribution < 1.29 is 18.9 Å². The van der Waals surface area contributed by atoms with E-state index in [2.05, 4.69) is 17.2 Å². The first-order valence-corrected chi connectivity index (χ1v) is 11.4. The van der Waals surface area contributed by atoms with Crippen LogP contribution in [0.25, 0.3) is 22.6 Å². The average Bonchev–Trinajstić information content (AvgIpc) is 3.32. The number of fused-ring (bicyclic) bond motifs is 1. The highest BCUT2D eigenvalue weighted by molar-refractivity contribution is 6.05. The molecule has 35 heavy (non-hydrogen) atoms. The van der Waals surface area contributed by atoms with Gasteiger partial charge in [0.05, 0.1) is 18.1 Å². The van der Waals surface area contributed by atoms with E-state index in [9.17, 15) is 14.9 Å². The maximum absolute atomic E-state index is 12.8. The van der Waals surface area contributed by atoms with Gasteiger partial charge in [-0.05, 0) is 60.5 Å². The van der Waals surface area contributed by atoms with Crippen LogP contribution in [-0.4, -0.2) is 42.1 Å². The van der Waals surface area contributed by atoms with Crippen molar-refractivity contribution in [3.05, 3.63) is 81.9 Å². The van der Waals surface area contributed by atoms with Gasteiger partial charge in [0.15, 0.2) is 5.58 Å². The molecule has 0 spiro atoms. The lowest BCUT2D eigenvalue weighted by atomic mass is 10.1. The smallest absolute Gasteiger partial charge is 0.293 e. The molecule has 0 atom stereocenters. The minimum Gasteiger partial charge on any atom is -0.436 e. The summed E-state index contributed by atoms with van der Waals surface area (Å²) in [6.07, 6.45) is 0.922. The number of nitrogens with zero attached hydrogens (tertiary/aromatic N) is 3. The number of amides is 1. The summed E-state index contributed by atoms with van der Waals surface area (Å²) in [7, 11) is 0. The van der Waals surface area contributed by atoms with Gasteiger partial charge in [-0.3, -0.25) is 14.9 Å². The molecule has 0 aliphatic carbocycles. The minimum absolute atomic E-state index is 0.0999. The Labute approximate surface area is 201 Å². The lowest BCUT2D eigenvalue weighted by Crippen LogP contribution is -2.36. The van der Waals surface area contributed by atoms with Crippen molar-refractivity contribution in [3.8, 4) is 11.5 Å². The Hall–Kier alpha value is -4.24. The Bertz CT molecular complexity index is 1390. The zero-order valence-corrected chi connectivity index (χ0v) is 19.2. The van der Waals surface area contributed by atoms with Crippen molar-refractivity contribution in [1.29, 1.82) is 0 Å². The van der Waals surface area contributed by atoms with Crippen molar-refractivity contribution in [1.82, 2.24) is 4.98 Å². The number of nitro benzene ring substituents is 1. The van der Waals surface area contributed by atoms with Crippen molar-refractivity contribution in [3.63, 3.8) is 0 Å². The molecule has 5 rings (SSSR count). The van der Waals surface area contributed by atoms with E-state index in [0.717, 1.165) is 23.1 Å². The lowest BCUT2D eigenvalue weighted by Gasteiger charge is -2.28. The first kappa shape index (κ1) is 22.5. The van der Waals surface area contributed by atoms with Crippen LogP contribution in [-0.2, 0) is 11.2 Å². The van der Waals surface area contributed by atoms with Gasteiger partial charge < -0.3 is 19.4 Å². The summed E-state index contributed by atoms with van der Waals surface area (Å²) in [5, 5.41) is 14.5. The number of nitrogens with one attached hydrogen (secondary N) is 1. The predicted molar refractivity (Wildman–Crippen MR) is 133 cm³/mol. The average molecular weight is 473 g/mol. The van der Waals surface area contributed by atoms with E-state index < -0.39 is 10.8 Å². The third-order valence-electron chi connectivity index (χ3n) is 6.04. The number of aromatic nitrogens is 1. The van der Waals surface area contributed by atoms with Gasteiger partial charge in [0, 0.05) is 36.0 Å². The molecule has 1 fully saturated rings. The molecule has 1 aliphatic rings. The van der Waals surface area contributed by atoms with Crippen molar-refractivity contribution >= 4 is 34.1 Å². The van der Waals surface area contributed by atoms with Crippen molar-refractivity contribution in [2.45, 2.75) is 13.3 Å². The monoisotopic (exact) mass is 472 g/mol. The fourth-order valence-electron chi connectivity index (χ4n) is 4.10. The quantitative estimate of drug-likeness (QED) is 0.309. The van der Waals surface area contributed by atoms with Crippen LogP contribution in [0.5, 0.6) is 0 Å². The van der Waals surface area contributed by atoms with E-state index in [1.165, 1.54) is 11.6 Å². The van der Waals surface area contributed by atoms with Crippen LogP contribution in [0.15, 0.2) is 65.1 Å². The van der Waals surface area contributed by atoms with Gasteiger partial charge in [-0.1, -0.05) is 13.0 Å². The number of rotatable bonds is 6. The third-order valence-corrected chi connectivity index (χ3v) is 6.04. The second-order valence-corrected chi connectivity index (χ2v) is 8.27. The van der Waals surface area contributed by atoms with Crippen molar-refractivity contribution in [2.24, 2.45) is 0 Å². The number of carbonyl (C=O) groups excluding carboxylic acids is 1. The molecular weight excluding hydrogens is 448 g/mol. The maximum Gasteiger partial charge on any atom is 0.293 e. The van der Waals surface area contributed by atoms with Crippen LogP contribution in [0.1, 0.15) is 22.8 Å². The molecule has 0 unspecified atom stereocenters. The summed E-state index contributed by atoms with van der Waals surface area (Å²) in [5.41, 5.74) is 4.65. The van der Waals surface area contributed by atoms with Crippen LogP contribution < -0.4 is 10.2 Å². The molecule has 9 heteroatoms. The molecule has 4 aromatic rings. The van der Waals surface area contributed by atoms with Gasteiger partial charge in [-0.2, -0.15) is 0 Å². The van der Waals surface area contributed by atoms with Gasteiger partial charge in [0.25, 0.3) is 11.6 Å². The van der Waals surface area contributed by atoms with E-state index in [4.69, 9.17) is 9.15 Å². The number of oxazole rings is 1. The Balaban J connectivity index is 1.32. The fraction of sp³-hybridized carbons (Fsp3) is 0.231. The molecule has 1 amide bonds. The number of carbonyl (C=O) groups is 1. The van der Waals surface area contributed by atoms with Crippen LogP contribution >= 0.6 is 0 Å². The Morgan fingerprint density at radius 2 is 1.86 bits per heavy atom. The second-order valence-electron chi connectivity index (χ2n) is 8.27. The van der Waals surface area contributed by atoms with E-state index in [-0.39, 0.29) is 11.3 Å². The van der Waals surface area contributed by atoms with Gasteiger partial charge in [0.1, 0.15) is 11.2 Å². The maximum atomic E-state index is 12.8. The second kappa shape index (κ2) is 9.55. The molecule has 9 nitrogen and oxygen atoms in total. The molecule has 0 bridgehead atoms. The predicted octanol–water partition coefficient (Wildman–Crippen LogP) is 5.05. The highest BCUT2D eigenvalue weighted by Crippen LogP contribution is 2.31. The summed E-state index contributed by atoms with van der Waals surface area (Å²) in [4.78, 5) is 30.5. The fourth-order valence-corrected chi connectivity index (χ4v) is 4.10. The molecule has 178 valence electrons. The van der Waals surface area contributed by atoms with Crippen LogP contribution in [0, 0.1) is 10.1 Å². The molecule has 1 saturated heterocycles. The zero-order valence-electron chi connectivity index (χ0n) is 19.2. The lowest BCUT2D eigenvalue weighted by molar-refractivity contribution is -0.384. The van der Waals surface area contributed by atoms with Gasteiger partial charge in [-0.25, -0.2) is 4.98 Å². The SMILES string of the molecule is CCc1ccc2oc(-c3ccc(NC(=O)c4ccc(N5CCOCC5)c([N+](=O)[O-])c4)cc3)nc2c1. The Kier molecular flexibility index (Phi) is 6.15. The largest absolute Gasteiger partial charge is 0.436 e. The molecular formula is C26H24N4O5. The summed E-state index contributed by atoms with van der Waals surface area (Å²) in [6.45, 7) is 4.25. The molecule has 0 radical (unpaired) electrons. The van der Waals surface area contributed by atoms with Crippen LogP contribution in [0.4, 0.5) is 17.1 Å². The number of nitro groups is 1. The number of hydrogen-bond donors (Lipinski definition) is 1. The van der Waals surface area contributed by atoms with E-state index in [0.29, 0.717) is 43.6 Å². The van der Waals surface area contributed by atoms with Gasteiger partial charge in [-0.15, -0.1) is 0 Å². The summed E-state index contributed by atoms with van der Waals surface area (Å²) in [5.74, 6) is 0.0730. The first-order chi connectivity index (χ1) is 17.0. The molecule has 1 aliphatic heterocycles. The number of anilines is 2. The van der Waals surface area contributed by atoms with Gasteiger partial charge in [0.2, 0.25) is 5.89 Å². The number of morpholine rings is 1. The van der Waals surface area contributed by atoms with E-state index in [1.807, 2.05) is 35.2 Å². The molecule has 1 aromatic heterocycles. The first-order valence-electron chi connectivity index (χ1n) is 11.4. The molecule has 1 N–H and O–H groups in total. The molecule has 2 heterocycles. The highest BCUT2D eigenvalue weighted by Gasteiger charge is 2.23. The van der Waals surface area contributed by atoms with Crippen LogP contribution in [0.3, 0.4) is 0 Å². The molecule has 3 aromatic carbocycles. The van der Waals surface area contributed by atoms with E-state index >= 15 is 0 Å². The van der Waals surface area contributed by atoms with Gasteiger partial charge >= 0.3 is 0 Å². The Morgan fingerprint density at radius 3 is 2.57 bits per heavy atom. The number of aryl methyl sites for hydroxylation is 1. The standard InChI is InChI=1S/C26H24N4O5/c1-2-17-3-10-24-21(15-17)28-26(35-24)18-4-7-20(8-5-18)27-25(31)19-6-9-22(23(16-19)30(32)33)29-11-13-34-14-12-29/h3-10,15-16H,2,11-14H2,1H3,(H,27,31). The van der Waals surface area contributed by atoms with E-state index in [1.54, 1.807) is 24.3 Å². The summed E-state index contributed by atoms with van der Waals surface area (Å²) < 4.78 is 11.2. The number of hydrogen-bond acceptors (Lipinski definition) is 7. The topological polar surface area (TPSA) is 111 Å². The number of benzene rings is 3. The summed E-state index contributed by atoms with van der Waals surface area (Å²) in [6, 6.07) is 17.6. The third kappa shape index (κ3) is 4.71. The minimum atomic E-state index is -0.458. The Morgan fingerprint density at radius 1 is 1.09 bits per heavy atom. The highest BCUT2D eigenvalue weighted by atomic mass is 16.6. The normalized spacial score (nSPS) is 13.7. The van der Waals surface area contributed by atoms with Crippen LogP contribution in [0.2, 0.25) is 0 Å². The summed E-state index contributed by atoms with van der Waals surface area (Å²) >= 11 is 0. The molecule has 0 saturated carbocycles. The number of ether oxygens (including phenoxy) is 1. The zero-order chi connectivity index (χ0) is 24.4. The van der Waals surface area contributed by atoms with Crippen molar-refractivity contribution in [2.75, 3.05) is 36.5 Å².